The van der Waals surface area contributed by atoms with E-state index in [1.807, 2.05) is 6.92 Å². The second-order valence-electron chi connectivity index (χ2n) is 7.62. The minimum atomic E-state index is -0.329. The third kappa shape index (κ3) is 7.65. The highest BCUT2D eigenvalue weighted by Gasteiger charge is 2.31. The van der Waals surface area contributed by atoms with Crippen molar-refractivity contribution < 1.29 is 14.3 Å². The molecule has 0 bridgehead atoms. The molecular weight excluding hydrogens is 288 g/mol. The summed E-state index contributed by atoms with van der Waals surface area (Å²) in [4.78, 5) is 11.9. The van der Waals surface area contributed by atoms with E-state index in [1.54, 1.807) is 14.0 Å². The van der Waals surface area contributed by atoms with E-state index >= 15 is 0 Å². The van der Waals surface area contributed by atoms with E-state index in [0.717, 1.165) is 11.1 Å². The third-order valence-corrected chi connectivity index (χ3v) is 4.26. The number of ether oxygens (including phenoxy) is 2. The summed E-state index contributed by atoms with van der Waals surface area (Å²) in [6.45, 7) is 19.7. The molecule has 0 radical (unpaired) electrons. The van der Waals surface area contributed by atoms with Crippen LogP contribution in [0.25, 0.3) is 0 Å². The summed E-state index contributed by atoms with van der Waals surface area (Å²) in [5.41, 5.74) is 2.73. The highest BCUT2D eigenvalue weighted by molar-refractivity contribution is 5.88. The summed E-state index contributed by atoms with van der Waals surface area (Å²) >= 11 is 0. The first-order valence-electron chi connectivity index (χ1n) is 8.17. The van der Waals surface area contributed by atoms with Crippen LogP contribution in [-0.2, 0) is 14.3 Å². The minimum absolute atomic E-state index is 0.0267. The average molecular weight is 322 g/mol. The van der Waals surface area contributed by atoms with Gasteiger partial charge in [-0.15, -0.1) is 0 Å². The number of hydrogen-bond donors (Lipinski definition) is 0. The number of hydrogen-bond acceptors (Lipinski definition) is 3. The molecule has 132 valence electrons. The summed E-state index contributed by atoms with van der Waals surface area (Å²) in [7, 11) is 1.68. The summed E-state index contributed by atoms with van der Waals surface area (Å²) in [5, 5.41) is 0. The molecule has 0 saturated heterocycles. The van der Waals surface area contributed by atoms with Crippen LogP contribution in [0.4, 0.5) is 0 Å². The zero-order valence-electron chi connectivity index (χ0n) is 16.2. The maximum Gasteiger partial charge on any atom is 0.333 e. The molecule has 0 aliphatic heterocycles. The molecule has 0 fully saturated rings. The van der Waals surface area contributed by atoms with Gasteiger partial charge in [-0.25, -0.2) is 4.79 Å². The standard InChI is InChI=1S/C20H34O3/c1-10-23-18(21)16(3)12-17(11-15(2)14-22-9)13-20(7,8)19(4,5)6/h11,13H,3,10,12,14H2,1-2,4-9H3/b15-11-,17-13+. The van der Waals surface area contributed by atoms with E-state index in [-0.39, 0.29) is 16.8 Å². The van der Waals surface area contributed by atoms with Gasteiger partial charge in [0, 0.05) is 19.1 Å². The summed E-state index contributed by atoms with van der Waals surface area (Å²) in [6, 6.07) is 0. The summed E-state index contributed by atoms with van der Waals surface area (Å²) in [5.74, 6) is -0.329. The van der Waals surface area contributed by atoms with Gasteiger partial charge in [-0.1, -0.05) is 53.3 Å². The fourth-order valence-corrected chi connectivity index (χ4v) is 1.96. The molecule has 23 heavy (non-hydrogen) atoms. The second-order valence-corrected chi connectivity index (χ2v) is 7.62. The number of esters is 1. The van der Waals surface area contributed by atoms with Crippen LogP contribution in [-0.4, -0.2) is 26.3 Å². The van der Waals surface area contributed by atoms with E-state index in [4.69, 9.17) is 9.47 Å². The van der Waals surface area contributed by atoms with Crippen LogP contribution in [0.5, 0.6) is 0 Å². The van der Waals surface area contributed by atoms with Crippen LogP contribution in [0.15, 0.2) is 35.5 Å². The molecular formula is C20H34O3. The Hall–Kier alpha value is -1.35. The SMILES string of the molecule is C=C(CC(/C=C(/C)COC)=C/C(C)(C)C(C)(C)C)C(=O)OCC. The first-order valence-corrected chi connectivity index (χ1v) is 8.17. The maximum atomic E-state index is 11.9. The van der Waals surface area contributed by atoms with Gasteiger partial charge in [0.2, 0.25) is 0 Å². The van der Waals surface area contributed by atoms with Gasteiger partial charge in [-0.05, 0) is 35.8 Å². The van der Waals surface area contributed by atoms with Crippen molar-refractivity contribution in [3.8, 4) is 0 Å². The highest BCUT2D eigenvalue weighted by atomic mass is 16.5. The van der Waals surface area contributed by atoms with E-state index in [2.05, 4.69) is 53.3 Å². The lowest BCUT2D eigenvalue weighted by atomic mass is 9.68. The normalized spacial score (nSPS) is 13.9. The summed E-state index contributed by atoms with van der Waals surface area (Å²) < 4.78 is 10.2. The smallest absolute Gasteiger partial charge is 0.333 e. The van der Waals surface area contributed by atoms with E-state index in [0.29, 0.717) is 25.2 Å². The molecule has 0 rings (SSSR count). The van der Waals surface area contributed by atoms with Crippen LogP contribution in [0.2, 0.25) is 0 Å². The first-order chi connectivity index (χ1) is 10.4. The Labute approximate surface area is 142 Å². The first kappa shape index (κ1) is 21.6. The molecule has 0 N–H and O–H groups in total. The molecule has 0 aliphatic rings. The van der Waals surface area contributed by atoms with E-state index in [9.17, 15) is 4.79 Å². The topological polar surface area (TPSA) is 35.5 Å². The molecule has 0 aromatic carbocycles. The molecule has 0 amide bonds. The minimum Gasteiger partial charge on any atom is -0.463 e. The molecule has 0 aliphatic carbocycles. The molecule has 0 spiro atoms. The molecule has 0 aromatic heterocycles. The lowest BCUT2D eigenvalue weighted by Gasteiger charge is -2.37. The zero-order valence-corrected chi connectivity index (χ0v) is 16.2. The van der Waals surface area contributed by atoms with Crippen molar-refractivity contribution >= 4 is 5.97 Å². The predicted octanol–water partition coefficient (Wildman–Crippen LogP) is 5.09. The van der Waals surface area contributed by atoms with Gasteiger partial charge in [0.05, 0.1) is 13.2 Å². The van der Waals surface area contributed by atoms with Crippen molar-refractivity contribution in [3.63, 3.8) is 0 Å². The Balaban J connectivity index is 5.54. The number of methoxy groups -OCH3 is 1. The van der Waals surface area contributed by atoms with Gasteiger partial charge in [-0.3, -0.25) is 0 Å². The number of rotatable bonds is 8. The highest BCUT2D eigenvalue weighted by Crippen LogP contribution is 2.40. The van der Waals surface area contributed by atoms with Crippen LogP contribution >= 0.6 is 0 Å². The molecule has 0 heterocycles. The van der Waals surface area contributed by atoms with Crippen molar-refractivity contribution in [2.75, 3.05) is 20.3 Å². The van der Waals surface area contributed by atoms with Crippen molar-refractivity contribution in [1.82, 2.24) is 0 Å². The van der Waals surface area contributed by atoms with Crippen molar-refractivity contribution in [2.45, 2.75) is 54.9 Å². The third-order valence-electron chi connectivity index (χ3n) is 4.26. The maximum absolute atomic E-state index is 11.9. The van der Waals surface area contributed by atoms with Gasteiger partial charge in [-0.2, -0.15) is 0 Å². The monoisotopic (exact) mass is 322 g/mol. The molecule has 0 aromatic rings. The van der Waals surface area contributed by atoms with Crippen molar-refractivity contribution in [3.05, 3.63) is 35.5 Å². The largest absolute Gasteiger partial charge is 0.463 e. The van der Waals surface area contributed by atoms with Gasteiger partial charge in [0.15, 0.2) is 0 Å². The molecule has 0 saturated carbocycles. The number of carbonyl (C=O) groups is 1. The van der Waals surface area contributed by atoms with Gasteiger partial charge >= 0.3 is 5.97 Å². The van der Waals surface area contributed by atoms with E-state index < -0.39 is 0 Å². The quantitative estimate of drug-likeness (QED) is 0.355. The van der Waals surface area contributed by atoms with E-state index in [1.165, 1.54) is 0 Å². The van der Waals surface area contributed by atoms with Crippen LogP contribution in [0, 0.1) is 10.8 Å². The Bertz CT molecular complexity index is 474. The Morgan fingerprint density at radius 3 is 2.17 bits per heavy atom. The lowest BCUT2D eigenvalue weighted by molar-refractivity contribution is -0.138. The molecule has 3 heteroatoms. The average Bonchev–Trinajstić information content (AvgIpc) is 2.36. The number of carbonyl (C=O) groups excluding carboxylic acids is 1. The fourth-order valence-electron chi connectivity index (χ4n) is 1.96. The lowest BCUT2D eigenvalue weighted by Crippen LogP contribution is -2.27. The van der Waals surface area contributed by atoms with Gasteiger partial charge < -0.3 is 9.47 Å². The van der Waals surface area contributed by atoms with Crippen LogP contribution < -0.4 is 0 Å². The molecule has 3 nitrogen and oxygen atoms in total. The van der Waals surface area contributed by atoms with Crippen LogP contribution in [0.3, 0.4) is 0 Å². The molecule has 0 unspecified atom stereocenters. The van der Waals surface area contributed by atoms with Gasteiger partial charge in [0.25, 0.3) is 0 Å². The second kappa shape index (κ2) is 9.07. The van der Waals surface area contributed by atoms with Crippen LogP contribution in [0.1, 0.15) is 54.9 Å². The Morgan fingerprint density at radius 1 is 1.17 bits per heavy atom. The van der Waals surface area contributed by atoms with Crippen molar-refractivity contribution in [1.29, 1.82) is 0 Å². The Kier molecular flexibility index (Phi) is 8.54. The summed E-state index contributed by atoms with van der Waals surface area (Å²) in [6.07, 6.45) is 4.80. The van der Waals surface area contributed by atoms with Crippen molar-refractivity contribution in [2.24, 2.45) is 10.8 Å². The fraction of sp³-hybridized carbons (Fsp3) is 0.650. The predicted molar refractivity (Wildman–Crippen MR) is 97.3 cm³/mol. The Morgan fingerprint density at radius 2 is 1.74 bits per heavy atom. The van der Waals surface area contributed by atoms with Gasteiger partial charge in [0.1, 0.15) is 0 Å². The number of allylic oxidation sites excluding steroid dienone is 3. The molecule has 0 atom stereocenters. The zero-order chi connectivity index (χ0) is 18.3.